The van der Waals surface area contributed by atoms with E-state index in [0.29, 0.717) is 24.2 Å². The molecule has 0 spiro atoms. The number of hydrogen-bond donors (Lipinski definition) is 2. The first-order valence-electron chi connectivity index (χ1n) is 8.46. The van der Waals surface area contributed by atoms with E-state index < -0.39 is 0 Å². The molecule has 128 valence electrons. The highest BCUT2D eigenvalue weighted by Crippen LogP contribution is 2.16. The first kappa shape index (κ1) is 17.7. The van der Waals surface area contributed by atoms with Gasteiger partial charge in [0.25, 0.3) is 11.5 Å². The quantitative estimate of drug-likeness (QED) is 0.834. The normalized spacial score (nSPS) is 18.8. The summed E-state index contributed by atoms with van der Waals surface area (Å²) in [6.07, 6.45) is 2.47. The molecule has 0 radical (unpaired) electrons. The minimum Gasteiger partial charge on any atom is -0.351 e. The monoisotopic (exact) mass is 320 g/mol. The highest BCUT2D eigenvalue weighted by molar-refractivity contribution is 5.93. The first-order valence-corrected chi connectivity index (χ1v) is 8.46. The van der Waals surface area contributed by atoms with E-state index >= 15 is 0 Å². The molecule has 1 amide bonds. The van der Waals surface area contributed by atoms with Crippen LogP contribution in [0, 0.1) is 11.8 Å². The Labute approximate surface area is 137 Å². The number of likely N-dealkylation sites (tertiary alicyclic amines) is 1. The summed E-state index contributed by atoms with van der Waals surface area (Å²) in [7, 11) is 0. The lowest BCUT2D eigenvalue weighted by molar-refractivity contribution is 0.0945. The number of rotatable bonds is 6. The Morgan fingerprint density at radius 3 is 2.78 bits per heavy atom. The molecule has 1 aliphatic rings. The molecule has 2 N–H and O–H groups in total. The van der Waals surface area contributed by atoms with Crippen LogP contribution in [0.3, 0.4) is 0 Å². The number of nitrogens with one attached hydrogen (secondary N) is 2. The summed E-state index contributed by atoms with van der Waals surface area (Å²) >= 11 is 0. The van der Waals surface area contributed by atoms with Crippen molar-refractivity contribution in [1.82, 2.24) is 20.2 Å². The van der Waals surface area contributed by atoms with Crippen LogP contribution in [0.15, 0.2) is 11.0 Å². The third kappa shape index (κ3) is 4.89. The maximum absolute atomic E-state index is 12.2. The van der Waals surface area contributed by atoms with Gasteiger partial charge >= 0.3 is 0 Å². The van der Waals surface area contributed by atoms with Gasteiger partial charge in [0.05, 0.1) is 0 Å². The van der Waals surface area contributed by atoms with Crippen molar-refractivity contribution >= 4 is 5.91 Å². The van der Waals surface area contributed by atoms with E-state index in [1.807, 2.05) is 13.8 Å². The van der Waals surface area contributed by atoms with Crippen molar-refractivity contribution in [2.24, 2.45) is 11.8 Å². The maximum atomic E-state index is 12.2. The Hall–Kier alpha value is -1.69. The van der Waals surface area contributed by atoms with E-state index in [1.165, 1.54) is 6.20 Å². The van der Waals surface area contributed by atoms with Gasteiger partial charge < -0.3 is 15.2 Å². The molecular formula is C17H28N4O2. The summed E-state index contributed by atoms with van der Waals surface area (Å²) in [6, 6.07) is 0. The minimum atomic E-state index is -0.367. The van der Waals surface area contributed by atoms with Crippen molar-refractivity contribution in [2.75, 3.05) is 26.2 Å². The molecule has 2 heterocycles. The van der Waals surface area contributed by atoms with Crippen LogP contribution in [0.25, 0.3) is 0 Å². The number of H-pyrrole nitrogens is 1. The molecule has 1 fully saturated rings. The van der Waals surface area contributed by atoms with E-state index in [9.17, 15) is 9.59 Å². The van der Waals surface area contributed by atoms with Gasteiger partial charge in [-0.3, -0.25) is 9.59 Å². The van der Waals surface area contributed by atoms with Crippen molar-refractivity contribution in [2.45, 2.75) is 40.0 Å². The van der Waals surface area contributed by atoms with Gasteiger partial charge in [-0.1, -0.05) is 27.7 Å². The molecule has 1 aliphatic heterocycles. The fourth-order valence-electron chi connectivity index (χ4n) is 2.96. The Morgan fingerprint density at radius 2 is 2.17 bits per heavy atom. The number of aromatic nitrogens is 2. The van der Waals surface area contributed by atoms with Gasteiger partial charge in [-0.25, -0.2) is 4.98 Å². The van der Waals surface area contributed by atoms with Gasteiger partial charge in [0.1, 0.15) is 11.4 Å². The summed E-state index contributed by atoms with van der Waals surface area (Å²) < 4.78 is 0. The highest BCUT2D eigenvalue weighted by Gasteiger charge is 2.23. The van der Waals surface area contributed by atoms with Crippen LogP contribution < -0.4 is 10.9 Å². The largest absolute Gasteiger partial charge is 0.351 e. The van der Waals surface area contributed by atoms with Gasteiger partial charge in [-0.05, 0) is 24.8 Å². The Bertz CT molecular complexity index is 595. The molecule has 0 unspecified atom stereocenters. The zero-order chi connectivity index (χ0) is 17.0. The highest BCUT2D eigenvalue weighted by atomic mass is 16.2. The van der Waals surface area contributed by atoms with E-state index in [1.54, 1.807) is 0 Å². The van der Waals surface area contributed by atoms with Gasteiger partial charge in [-0.15, -0.1) is 0 Å². The molecule has 0 aromatic carbocycles. The second kappa shape index (κ2) is 7.73. The molecule has 1 aromatic heterocycles. The maximum Gasteiger partial charge on any atom is 0.263 e. The lowest BCUT2D eigenvalue weighted by Crippen LogP contribution is -2.35. The van der Waals surface area contributed by atoms with Crippen LogP contribution in [0.4, 0.5) is 0 Å². The fourth-order valence-corrected chi connectivity index (χ4v) is 2.96. The van der Waals surface area contributed by atoms with Crippen molar-refractivity contribution in [3.8, 4) is 0 Å². The number of nitrogens with zero attached hydrogens (tertiary/aromatic N) is 2. The number of hydrogen-bond acceptors (Lipinski definition) is 4. The summed E-state index contributed by atoms with van der Waals surface area (Å²) in [6.45, 7) is 12.1. The van der Waals surface area contributed by atoms with E-state index in [-0.39, 0.29) is 22.9 Å². The molecule has 1 atom stereocenters. The first-order chi connectivity index (χ1) is 10.9. The summed E-state index contributed by atoms with van der Waals surface area (Å²) in [5, 5.41) is 2.88. The molecule has 1 saturated heterocycles. The number of aromatic amines is 1. The second-order valence-electron chi connectivity index (χ2n) is 7.18. The molecular weight excluding hydrogens is 292 g/mol. The summed E-state index contributed by atoms with van der Waals surface area (Å²) in [5.41, 5.74) is -0.277. The van der Waals surface area contributed by atoms with Gasteiger partial charge in [0.2, 0.25) is 0 Å². The van der Waals surface area contributed by atoms with Gasteiger partial charge in [0, 0.05) is 31.7 Å². The number of carbonyl (C=O) groups is 1. The minimum absolute atomic E-state index is 0.0893. The van der Waals surface area contributed by atoms with Gasteiger partial charge in [-0.2, -0.15) is 0 Å². The topological polar surface area (TPSA) is 78.1 Å². The van der Waals surface area contributed by atoms with E-state index in [2.05, 4.69) is 34.0 Å². The van der Waals surface area contributed by atoms with E-state index in [4.69, 9.17) is 0 Å². The molecule has 0 bridgehead atoms. The summed E-state index contributed by atoms with van der Waals surface area (Å²) in [5.74, 6) is 1.51. The van der Waals surface area contributed by atoms with Crippen molar-refractivity contribution in [3.63, 3.8) is 0 Å². The lowest BCUT2D eigenvalue weighted by atomic mass is 10.1. The summed E-state index contributed by atoms with van der Waals surface area (Å²) in [4.78, 5) is 33.4. The molecule has 23 heavy (non-hydrogen) atoms. The van der Waals surface area contributed by atoms with Crippen LogP contribution in [-0.4, -0.2) is 47.0 Å². The lowest BCUT2D eigenvalue weighted by Gasteiger charge is -2.18. The zero-order valence-corrected chi connectivity index (χ0v) is 14.6. The number of amides is 1. The Kier molecular flexibility index (Phi) is 5.93. The number of carbonyl (C=O) groups excluding carboxylic acids is 1. The van der Waals surface area contributed by atoms with Crippen LogP contribution in [0.1, 0.15) is 56.2 Å². The van der Waals surface area contributed by atoms with Crippen LogP contribution in [0.2, 0.25) is 0 Å². The molecule has 6 nitrogen and oxygen atoms in total. The molecule has 6 heteroatoms. The molecule has 0 aliphatic carbocycles. The van der Waals surface area contributed by atoms with Crippen molar-refractivity contribution < 1.29 is 4.79 Å². The van der Waals surface area contributed by atoms with Crippen molar-refractivity contribution in [1.29, 1.82) is 0 Å². The zero-order valence-electron chi connectivity index (χ0n) is 14.6. The average molecular weight is 320 g/mol. The van der Waals surface area contributed by atoms with E-state index in [0.717, 1.165) is 26.1 Å². The standard InChI is InChI=1S/C17H28N4O2/c1-11(2)9-21-6-5-13(10-21)7-19-16(22)14-8-18-15(12(3)4)20-17(14)23/h8,11-13H,5-7,9-10H2,1-4H3,(H,19,22)(H,18,20,23)/t13-/m0/s1. The second-order valence-corrected chi connectivity index (χ2v) is 7.18. The predicted octanol–water partition coefficient (Wildman–Crippen LogP) is 1.60. The van der Waals surface area contributed by atoms with Crippen molar-refractivity contribution in [3.05, 3.63) is 27.9 Å². The Balaban J connectivity index is 1.87. The Morgan fingerprint density at radius 1 is 1.43 bits per heavy atom. The smallest absolute Gasteiger partial charge is 0.263 e. The van der Waals surface area contributed by atoms with Gasteiger partial charge in [0.15, 0.2) is 0 Å². The third-order valence-electron chi connectivity index (χ3n) is 4.16. The van der Waals surface area contributed by atoms with Crippen LogP contribution in [-0.2, 0) is 0 Å². The molecule has 1 aromatic rings. The average Bonchev–Trinajstić information content (AvgIpc) is 2.91. The fraction of sp³-hybridized carbons (Fsp3) is 0.706. The molecule has 2 rings (SSSR count). The third-order valence-corrected chi connectivity index (χ3v) is 4.16. The van der Waals surface area contributed by atoms with Crippen LogP contribution in [0.5, 0.6) is 0 Å². The SMILES string of the molecule is CC(C)CN1CC[C@@H](CNC(=O)c2cnc(C(C)C)[nH]c2=O)C1. The predicted molar refractivity (Wildman–Crippen MR) is 90.7 cm³/mol. The van der Waals surface area contributed by atoms with Crippen LogP contribution >= 0.6 is 0 Å². The molecule has 0 saturated carbocycles.